The molecule has 0 radical (unpaired) electrons. The number of rotatable bonds is 5. The quantitative estimate of drug-likeness (QED) is 0.238. The van der Waals surface area contributed by atoms with Gasteiger partial charge in [0.05, 0.1) is 12.7 Å². The lowest BCUT2D eigenvalue weighted by atomic mass is 9.45. The summed E-state index contributed by atoms with van der Waals surface area (Å²) in [6.07, 6.45) is 1.28. The van der Waals surface area contributed by atoms with Crippen LogP contribution in [0.1, 0.15) is 52.9 Å². The Kier molecular flexibility index (Phi) is 6.90. The van der Waals surface area contributed by atoms with Crippen LogP contribution in [0.2, 0.25) is 0 Å². The molecule has 0 spiro atoms. The average Bonchev–Trinajstić information content (AvgIpc) is 3.35. The third kappa shape index (κ3) is 3.92. The van der Waals surface area contributed by atoms with Gasteiger partial charge in [-0.05, 0) is 61.2 Å². The second-order valence-corrected chi connectivity index (χ2v) is 13.2. The minimum absolute atomic E-state index is 0.0342. The number of cyclic esters (lactones) is 1. The van der Waals surface area contributed by atoms with E-state index < -0.39 is 70.3 Å². The first-order valence-corrected chi connectivity index (χ1v) is 14.2. The average molecular weight is 553 g/mol. The van der Waals surface area contributed by atoms with E-state index in [0.29, 0.717) is 19.1 Å². The zero-order chi connectivity index (χ0) is 27.6. The molecule has 10 heteroatoms. The van der Waals surface area contributed by atoms with Gasteiger partial charge in [-0.15, -0.1) is 0 Å². The molecule has 1 aliphatic heterocycles. The first kappa shape index (κ1) is 27.5. The number of allylic oxidation sites excluding steroid dienone is 2. The Bertz CT molecular complexity index is 1110. The van der Waals surface area contributed by atoms with Gasteiger partial charge in [-0.3, -0.25) is 14.4 Å². The van der Waals surface area contributed by atoms with Crippen LogP contribution in [0.3, 0.4) is 0 Å². The minimum Gasteiger partial charge on any atom is -0.465 e. The Morgan fingerprint density at radius 3 is 2.68 bits per heavy atom. The fourth-order valence-electron chi connectivity index (χ4n) is 8.32. The van der Waals surface area contributed by atoms with Gasteiger partial charge in [-0.2, -0.15) is 0 Å². The topological polar surface area (TPSA) is 107 Å². The summed E-state index contributed by atoms with van der Waals surface area (Å²) in [5.74, 6) is -2.97. The van der Waals surface area contributed by atoms with E-state index in [-0.39, 0.29) is 42.0 Å². The van der Waals surface area contributed by atoms with Gasteiger partial charge in [0.25, 0.3) is 0 Å². The number of aliphatic hydroxyl groups excluding tert-OH is 1. The number of carbonyl (C=O) groups excluding carboxylic acids is 4. The maximum absolute atomic E-state index is 17.4. The number of fused-ring (bicyclic) bond motifs is 5. The Hall–Kier alpha value is -2.07. The van der Waals surface area contributed by atoms with E-state index in [1.807, 2.05) is 13.8 Å². The Morgan fingerprint density at radius 1 is 1.29 bits per heavy atom. The Labute approximate surface area is 224 Å². The van der Waals surface area contributed by atoms with Gasteiger partial charge in [0, 0.05) is 23.7 Å². The van der Waals surface area contributed by atoms with E-state index in [0.717, 1.165) is 11.8 Å². The number of ether oxygens (including phenoxy) is 2. The molecule has 0 amide bonds. The second kappa shape index (κ2) is 9.54. The predicted octanol–water partition coefficient (Wildman–Crippen LogP) is 3.67. The van der Waals surface area contributed by atoms with E-state index in [4.69, 9.17) is 9.47 Å². The molecule has 11 atom stereocenters. The van der Waals surface area contributed by atoms with Crippen molar-refractivity contribution in [2.45, 2.75) is 82.2 Å². The molecule has 38 heavy (non-hydrogen) atoms. The molecule has 5 rings (SSSR count). The molecule has 7 unspecified atom stereocenters. The summed E-state index contributed by atoms with van der Waals surface area (Å²) < 4.78 is 43.5. The van der Waals surface area contributed by atoms with Crippen LogP contribution in [0.5, 0.6) is 0 Å². The van der Waals surface area contributed by atoms with Crippen LogP contribution >= 0.6 is 11.8 Å². The maximum atomic E-state index is 17.4. The summed E-state index contributed by atoms with van der Waals surface area (Å²) in [5, 5.41) is 10.8. The molecule has 5 aliphatic rings. The third-order valence-electron chi connectivity index (χ3n) is 9.97. The van der Waals surface area contributed by atoms with Crippen LogP contribution < -0.4 is 0 Å². The van der Waals surface area contributed by atoms with E-state index >= 15 is 8.78 Å². The first-order chi connectivity index (χ1) is 17.9. The number of hydrogen-bond acceptors (Lipinski definition) is 8. The second-order valence-electron chi connectivity index (χ2n) is 12.0. The van der Waals surface area contributed by atoms with Crippen LogP contribution in [-0.2, 0) is 28.7 Å². The lowest BCUT2D eigenvalue weighted by molar-refractivity contribution is -0.201. The van der Waals surface area contributed by atoms with Crippen molar-refractivity contribution in [2.24, 2.45) is 34.5 Å². The number of carbonyl (C=O) groups is 4. The molecule has 1 saturated heterocycles. The molecule has 0 aromatic heterocycles. The van der Waals surface area contributed by atoms with Crippen molar-refractivity contribution in [3.8, 4) is 0 Å². The molecule has 208 valence electrons. The standard InChI is InChI=1S/C28H34F2O7S/c1-14-10-16-17-12-19(29)18-11-15(37-22(33)5-8-31)4-7-27(18,3)28(17,30)21(32)13-26(16,2)23(14)25(35)38-20-6-9-36-24(20)34/h4,7-8,11,14-17,19-21,23,32H,5-6,9-10,12-13H2,1-3H3/t14?,15?,16-,17-,19?,20?,21?,23?,26-,27-,28?/m0/s1. The lowest BCUT2D eigenvalue weighted by Gasteiger charge is -2.62. The van der Waals surface area contributed by atoms with Crippen LogP contribution in [-0.4, -0.2) is 64.4 Å². The Morgan fingerprint density at radius 2 is 2.03 bits per heavy atom. The van der Waals surface area contributed by atoms with Crippen LogP contribution in [0.4, 0.5) is 8.78 Å². The molecular formula is C28H34F2O7S. The highest BCUT2D eigenvalue weighted by atomic mass is 32.2. The highest BCUT2D eigenvalue weighted by Crippen LogP contribution is 2.70. The Balaban J connectivity index is 1.45. The molecule has 1 N–H and O–H groups in total. The van der Waals surface area contributed by atoms with Crippen LogP contribution in [0.25, 0.3) is 0 Å². The smallest absolute Gasteiger partial charge is 0.319 e. The molecule has 3 saturated carbocycles. The van der Waals surface area contributed by atoms with Crippen molar-refractivity contribution in [1.82, 2.24) is 0 Å². The summed E-state index contributed by atoms with van der Waals surface area (Å²) in [7, 11) is 0. The van der Waals surface area contributed by atoms with E-state index in [1.54, 1.807) is 6.92 Å². The highest BCUT2D eigenvalue weighted by Gasteiger charge is 2.73. The van der Waals surface area contributed by atoms with Gasteiger partial charge in [0.1, 0.15) is 30.2 Å². The van der Waals surface area contributed by atoms with Crippen molar-refractivity contribution >= 4 is 35.1 Å². The summed E-state index contributed by atoms with van der Waals surface area (Å²) in [5.41, 5.74) is -4.30. The van der Waals surface area contributed by atoms with Crippen LogP contribution in [0.15, 0.2) is 23.8 Å². The zero-order valence-electron chi connectivity index (χ0n) is 21.7. The van der Waals surface area contributed by atoms with E-state index in [2.05, 4.69) is 0 Å². The normalized spacial score (nSPS) is 47.3. The van der Waals surface area contributed by atoms with Crippen molar-refractivity contribution in [2.75, 3.05) is 6.61 Å². The number of aliphatic hydroxyl groups is 1. The molecule has 4 fully saturated rings. The number of alkyl halides is 2. The van der Waals surface area contributed by atoms with Gasteiger partial charge >= 0.3 is 11.9 Å². The van der Waals surface area contributed by atoms with Crippen molar-refractivity contribution in [3.63, 3.8) is 0 Å². The highest BCUT2D eigenvalue weighted by molar-refractivity contribution is 8.14. The molecule has 7 nitrogen and oxygen atoms in total. The van der Waals surface area contributed by atoms with Gasteiger partial charge in [0.2, 0.25) is 0 Å². The number of aldehydes is 1. The number of esters is 2. The van der Waals surface area contributed by atoms with Crippen molar-refractivity contribution in [1.29, 1.82) is 0 Å². The molecule has 4 aliphatic carbocycles. The molecule has 0 bridgehead atoms. The molecule has 0 aromatic carbocycles. The van der Waals surface area contributed by atoms with Gasteiger partial charge in [-0.1, -0.05) is 31.7 Å². The largest absolute Gasteiger partial charge is 0.465 e. The number of halogens is 2. The molecule has 1 heterocycles. The molecule has 0 aromatic rings. The van der Waals surface area contributed by atoms with E-state index in [1.165, 1.54) is 18.2 Å². The summed E-state index contributed by atoms with van der Waals surface area (Å²) in [6.45, 7) is 5.70. The SMILES string of the molecule is CC1C[C@H]2[C@@H]3CC(F)C4=CC(OC(=O)CC=O)C=C[C@]4(C)C3(F)C(O)C[C@]2(C)C1C(=O)SC1CCOC1=O. The third-order valence-corrected chi connectivity index (χ3v) is 11.2. The van der Waals surface area contributed by atoms with Crippen molar-refractivity contribution in [3.05, 3.63) is 23.8 Å². The fourth-order valence-corrected chi connectivity index (χ4v) is 9.63. The first-order valence-electron chi connectivity index (χ1n) is 13.3. The van der Waals surface area contributed by atoms with Gasteiger partial charge < -0.3 is 19.4 Å². The van der Waals surface area contributed by atoms with E-state index in [9.17, 15) is 24.3 Å². The summed E-state index contributed by atoms with van der Waals surface area (Å²) >= 11 is 0.980. The summed E-state index contributed by atoms with van der Waals surface area (Å²) in [6, 6.07) is 0. The van der Waals surface area contributed by atoms with Crippen molar-refractivity contribution < 1.29 is 42.5 Å². The van der Waals surface area contributed by atoms with Gasteiger partial charge in [0.15, 0.2) is 10.8 Å². The zero-order valence-corrected chi connectivity index (χ0v) is 22.5. The molecular weight excluding hydrogens is 518 g/mol. The lowest BCUT2D eigenvalue weighted by Crippen LogP contribution is -2.68. The number of thioether (sulfide) groups is 1. The predicted molar refractivity (Wildman–Crippen MR) is 134 cm³/mol. The van der Waals surface area contributed by atoms with Crippen LogP contribution in [0, 0.1) is 34.5 Å². The fraction of sp³-hybridized carbons (Fsp3) is 0.714. The monoisotopic (exact) mass is 552 g/mol. The number of hydrogen-bond donors (Lipinski definition) is 1. The summed E-state index contributed by atoms with van der Waals surface area (Å²) in [4.78, 5) is 47.9. The van der Waals surface area contributed by atoms with Gasteiger partial charge in [-0.25, -0.2) is 8.78 Å². The minimum atomic E-state index is -2.19. The maximum Gasteiger partial charge on any atom is 0.319 e.